The first kappa shape index (κ1) is 21.5. The maximum Gasteiger partial charge on any atom is 0.416 e. The van der Waals surface area contributed by atoms with Crippen LogP contribution in [-0.2, 0) is 26.9 Å². The number of hydrogen-bond acceptors (Lipinski definition) is 7. The van der Waals surface area contributed by atoms with Gasteiger partial charge in [0.25, 0.3) is 0 Å². The summed E-state index contributed by atoms with van der Waals surface area (Å²) in [7, 11) is 3.86. The van der Waals surface area contributed by atoms with Crippen LogP contribution in [0.15, 0.2) is 30.5 Å². The molecule has 2 aliphatic rings. The van der Waals surface area contributed by atoms with E-state index in [1.807, 2.05) is 25.2 Å². The van der Waals surface area contributed by atoms with Crippen LogP contribution in [0.4, 0.5) is 23.7 Å². The molecule has 2 saturated heterocycles. The molecule has 1 aromatic carbocycles. The Kier molecular flexibility index (Phi) is 5.86. The lowest BCUT2D eigenvalue weighted by Gasteiger charge is -2.17. The number of carbonyl (C=O) groups is 1. The van der Waals surface area contributed by atoms with Crippen LogP contribution in [0.1, 0.15) is 17.3 Å². The highest BCUT2D eigenvalue weighted by Gasteiger charge is 2.50. The molecule has 0 saturated carbocycles. The number of hydrogen-bond donors (Lipinski definition) is 1. The maximum atomic E-state index is 12.8. The lowest BCUT2D eigenvalue weighted by Crippen LogP contribution is -2.34. The standard InChI is InChI=1S/C19H22F3N5O4/c1-26(2)7-13-8-27(25-24-13)14-9-29-17-15(10-30-16(14)17)31-18(28)23-12-5-3-4-11(6-12)19(20,21)22/h3-6,8,14-17H,7,9-10H2,1-2H3,(H,23,28). The summed E-state index contributed by atoms with van der Waals surface area (Å²) in [6.45, 7) is 1.07. The van der Waals surface area contributed by atoms with Crippen LogP contribution in [0.3, 0.4) is 0 Å². The minimum atomic E-state index is -4.51. The van der Waals surface area contributed by atoms with Crippen molar-refractivity contribution in [1.29, 1.82) is 0 Å². The second kappa shape index (κ2) is 8.44. The summed E-state index contributed by atoms with van der Waals surface area (Å²) in [6, 6.07) is 4.11. The summed E-state index contributed by atoms with van der Waals surface area (Å²) >= 11 is 0. The zero-order valence-corrected chi connectivity index (χ0v) is 16.9. The molecular formula is C19H22F3N5O4. The molecule has 12 heteroatoms. The van der Waals surface area contributed by atoms with Crippen molar-refractivity contribution in [2.24, 2.45) is 0 Å². The molecule has 1 aromatic heterocycles. The van der Waals surface area contributed by atoms with Crippen molar-refractivity contribution in [3.05, 3.63) is 41.7 Å². The maximum absolute atomic E-state index is 12.8. The number of benzene rings is 1. The highest BCUT2D eigenvalue weighted by molar-refractivity contribution is 5.84. The van der Waals surface area contributed by atoms with Gasteiger partial charge in [-0.25, -0.2) is 9.48 Å². The quantitative estimate of drug-likeness (QED) is 0.762. The third kappa shape index (κ3) is 4.81. The normalized spacial score (nSPS) is 25.6. The molecule has 3 heterocycles. The number of nitrogens with zero attached hydrogens (tertiary/aromatic N) is 4. The Hall–Kier alpha value is -2.70. The van der Waals surface area contributed by atoms with Gasteiger partial charge in [0.2, 0.25) is 0 Å². The lowest BCUT2D eigenvalue weighted by atomic mass is 10.1. The lowest BCUT2D eigenvalue weighted by molar-refractivity contribution is -0.137. The number of alkyl halides is 3. The van der Waals surface area contributed by atoms with Crippen molar-refractivity contribution in [2.45, 2.75) is 37.1 Å². The number of aromatic nitrogens is 3. The zero-order chi connectivity index (χ0) is 22.2. The van der Waals surface area contributed by atoms with Crippen molar-refractivity contribution >= 4 is 11.8 Å². The van der Waals surface area contributed by atoms with Gasteiger partial charge in [-0.15, -0.1) is 5.10 Å². The van der Waals surface area contributed by atoms with Gasteiger partial charge in [0.15, 0.2) is 6.10 Å². The van der Waals surface area contributed by atoms with E-state index in [1.165, 1.54) is 12.1 Å². The Labute approximate surface area is 176 Å². The van der Waals surface area contributed by atoms with Gasteiger partial charge < -0.3 is 19.1 Å². The van der Waals surface area contributed by atoms with Gasteiger partial charge in [0, 0.05) is 12.2 Å². The van der Waals surface area contributed by atoms with E-state index in [2.05, 4.69) is 15.6 Å². The Balaban J connectivity index is 1.35. The molecule has 0 spiro atoms. The largest absolute Gasteiger partial charge is 0.441 e. The van der Waals surface area contributed by atoms with Crippen LogP contribution in [-0.4, -0.2) is 71.6 Å². The first-order valence-electron chi connectivity index (χ1n) is 9.64. The van der Waals surface area contributed by atoms with Gasteiger partial charge in [-0.3, -0.25) is 5.32 Å². The molecule has 2 fully saturated rings. The summed E-state index contributed by atoms with van der Waals surface area (Å²) in [6.07, 6.45) is -5.12. The highest BCUT2D eigenvalue weighted by atomic mass is 19.4. The highest BCUT2D eigenvalue weighted by Crippen LogP contribution is 2.35. The number of fused-ring (bicyclic) bond motifs is 1. The fourth-order valence-corrected chi connectivity index (χ4v) is 3.70. The molecule has 9 nitrogen and oxygen atoms in total. The minimum absolute atomic E-state index is 0.0171. The monoisotopic (exact) mass is 441 g/mol. The summed E-state index contributed by atoms with van der Waals surface area (Å²) in [5.41, 5.74) is -0.0748. The molecule has 2 aromatic rings. The minimum Gasteiger partial charge on any atom is -0.441 e. The van der Waals surface area contributed by atoms with Gasteiger partial charge >= 0.3 is 12.3 Å². The average molecular weight is 441 g/mol. The molecule has 0 radical (unpaired) electrons. The van der Waals surface area contributed by atoms with Crippen LogP contribution in [0.5, 0.6) is 0 Å². The molecule has 1 amide bonds. The number of rotatable bonds is 5. The summed E-state index contributed by atoms with van der Waals surface area (Å²) in [4.78, 5) is 14.2. The zero-order valence-electron chi connectivity index (χ0n) is 16.9. The van der Waals surface area contributed by atoms with Crippen molar-refractivity contribution < 1.29 is 32.2 Å². The van der Waals surface area contributed by atoms with Gasteiger partial charge in [0.1, 0.15) is 18.2 Å². The summed E-state index contributed by atoms with van der Waals surface area (Å²) < 4.78 is 57.1. The van der Waals surface area contributed by atoms with Crippen molar-refractivity contribution in [3.63, 3.8) is 0 Å². The van der Waals surface area contributed by atoms with Crippen molar-refractivity contribution in [1.82, 2.24) is 19.9 Å². The van der Waals surface area contributed by atoms with Gasteiger partial charge in [0.05, 0.1) is 30.7 Å². The van der Waals surface area contributed by atoms with Gasteiger partial charge in [-0.1, -0.05) is 11.3 Å². The molecule has 0 aliphatic carbocycles. The van der Waals surface area contributed by atoms with Crippen LogP contribution in [0.2, 0.25) is 0 Å². The predicted molar refractivity (Wildman–Crippen MR) is 101 cm³/mol. The van der Waals surface area contributed by atoms with Crippen LogP contribution in [0.25, 0.3) is 0 Å². The first-order chi connectivity index (χ1) is 14.7. The van der Waals surface area contributed by atoms with E-state index in [-0.39, 0.29) is 24.4 Å². The number of nitrogens with one attached hydrogen (secondary N) is 1. The number of ether oxygens (including phenoxy) is 3. The molecule has 0 bridgehead atoms. The Bertz CT molecular complexity index is 935. The Morgan fingerprint density at radius 1 is 1.29 bits per heavy atom. The fraction of sp³-hybridized carbons (Fsp3) is 0.526. The fourth-order valence-electron chi connectivity index (χ4n) is 3.70. The average Bonchev–Trinajstić information content (AvgIpc) is 3.38. The molecule has 31 heavy (non-hydrogen) atoms. The molecule has 4 unspecified atom stereocenters. The number of amides is 1. The molecule has 4 rings (SSSR count). The first-order valence-corrected chi connectivity index (χ1v) is 9.64. The van der Waals surface area contributed by atoms with E-state index in [4.69, 9.17) is 14.2 Å². The Morgan fingerprint density at radius 3 is 2.81 bits per heavy atom. The second-order valence-electron chi connectivity index (χ2n) is 7.74. The molecule has 168 valence electrons. The van der Waals surface area contributed by atoms with E-state index in [9.17, 15) is 18.0 Å². The van der Waals surface area contributed by atoms with Crippen LogP contribution >= 0.6 is 0 Å². The second-order valence-corrected chi connectivity index (χ2v) is 7.74. The number of anilines is 1. The smallest absolute Gasteiger partial charge is 0.416 e. The number of carbonyl (C=O) groups excluding carboxylic acids is 1. The predicted octanol–water partition coefficient (Wildman–Crippen LogP) is 2.31. The molecule has 1 N–H and O–H groups in total. The van der Waals surface area contributed by atoms with E-state index in [1.54, 1.807) is 4.68 Å². The summed E-state index contributed by atoms with van der Waals surface area (Å²) in [5, 5.41) is 10.6. The van der Waals surface area contributed by atoms with Crippen LogP contribution in [0, 0.1) is 0 Å². The van der Waals surface area contributed by atoms with Crippen LogP contribution < -0.4 is 5.32 Å². The van der Waals surface area contributed by atoms with Crippen molar-refractivity contribution in [3.8, 4) is 0 Å². The summed E-state index contributed by atoms with van der Waals surface area (Å²) in [5.74, 6) is 0. The van der Waals surface area contributed by atoms with Gasteiger partial charge in [-0.05, 0) is 32.3 Å². The molecule has 2 aliphatic heterocycles. The Morgan fingerprint density at radius 2 is 2.06 bits per heavy atom. The SMILES string of the molecule is CN(C)Cc1cn(C2COC3C(OC(=O)Nc4cccc(C(F)(F)F)c4)COC32)nn1. The topological polar surface area (TPSA) is 90.7 Å². The molecular weight excluding hydrogens is 419 g/mol. The van der Waals surface area contributed by atoms with E-state index in [0.29, 0.717) is 13.2 Å². The van der Waals surface area contributed by atoms with E-state index in [0.717, 1.165) is 17.8 Å². The van der Waals surface area contributed by atoms with E-state index >= 15 is 0 Å². The van der Waals surface area contributed by atoms with E-state index < -0.39 is 30.0 Å². The third-order valence-corrected chi connectivity index (χ3v) is 5.05. The molecule has 4 atom stereocenters. The third-order valence-electron chi connectivity index (χ3n) is 5.05. The number of halogens is 3. The van der Waals surface area contributed by atoms with Gasteiger partial charge in [-0.2, -0.15) is 13.2 Å². The van der Waals surface area contributed by atoms with Crippen molar-refractivity contribution in [2.75, 3.05) is 32.6 Å².